The van der Waals surface area contributed by atoms with E-state index in [2.05, 4.69) is 25.4 Å². The molecule has 0 aromatic heterocycles. The van der Waals surface area contributed by atoms with Gasteiger partial charge in [-0.2, -0.15) is 0 Å². The van der Waals surface area contributed by atoms with Crippen LogP contribution in [0.1, 0.15) is 5.56 Å². The summed E-state index contributed by atoms with van der Waals surface area (Å²) in [6.07, 6.45) is 0. The van der Waals surface area contributed by atoms with Gasteiger partial charge < -0.3 is 25.0 Å². The van der Waals surface area contributed by atoms with Gasteiger partial charge in [0.15, 0.2) is 5.96 Å². The van der Waals surface area contributed by atoms with Gasteiger partial charge in [0.25, 0.3) is 0 Å². The largest absolute Gasteiger partial charge is 0.496 e. The van der Waals surface area contributed by atoms with Crippen molar-refractivity contribution >= 4 is 23.5 Å². The lowest BCUT2D eigenvalue weighted by Crippen LogP contribution is -2.54. The average Bonchev–Trinajstić information content (AvgIpc) is 2.70. The molecular formula is C19H30ClN5O3. The highest BCUT2D eigenvalue weighted by atomic mass is 35.5. The second-order valence-corrected chi connectivity index (χ2v) is 6.90. The Balaban J connectivity index is 1.80. The summed E-state index contributed by atoms with van der Waals surface area (Å²) in [6.45, 7) is 5.30. The second-order valence-electron chi connectivity index (χ2n) is 6.46. The molecule has 9 heteroatoms. The molecule has 2 N–H and O–H groups in total. The van der Waals surface area contributed by atoms with Crippen LogP contribution in [0.4, 0.5) is 0 Å². The van der Waals surface area contributed by atoms with Gasteiger partial charge in [0.1, 0.15) is 5.75 Å². The third-order valence-electron chi connectivity index (χ3n) is 4.57. The van der Waals surface area contributed by atoms with Crippen molar-refractivity contribution in [1.29, 1.82) is 0 Å². The molecule has 0 aliphatic carbocycles. The maximum absolute atomic E-state index is 11.9. The highest BCUT2D eigenvalue weighted by Gasteiger charge is 2.21. The molecule has 0 atom stereocenters. The van der Waals surface area contributed by atoms with Crippen LogP contribution < -0.4 is 15.4 Å². The monoisotopic (exact) mass is 411 g/mol. The van der Waals surface area contributed by atoms with Gasteiger partial charge >= 0.3 is 0 Å². The van der Waals surface area contributed by atoms with Crippen LogP contribution in [0, 0.1) is 0 Å². The molecule has 0 unspecified atom stereocenters. The lowest BCUT2D eigenvalue weighted by atomic mass is 10.2. The van der Waals surface area contributed by atoms with Crippen molar-refractivity contribution in [1.82, 2.24) is 20.4 Å². The van der Waals surface area contributed by atoms with Crippen LogP contribution in [0.3, 0.4) is 0 Å². The number of carbonyl (C=O) groups excluding carboxylic acids is 1. The standard InChI is InChI=1S/C19H30ClN5O3/c1-21-19(23-13-15-4-5-16(20)12-17(15)28-3)25-9-7-24(8-10-25)14-18(26)22-6-11-27-2/h4-5,12H,6-11,13-14H2,1-3H3,(H,21,23)(H,22,26). The van der Waals surface area contributed by atoms with Crippen molar-refractivity contribution in [2.45, 2.75) is 6.54 Å². The van der Waals surface area contributed by atoms with Gasteiger partial charge in [-0.1, -0.05) is 17.7 Å². The van der Waals surface area contributed by atoms with Gasteiger partial charge in [-0.15, -0.1) is 0 Å². The molecule has 2 rings (SSSR count). The summed E-state index contributed by atoms with van der Waals surface area (Å²) in [6, 6.07) is 5.60. The SMILES string of the molecule is CN=C(NCc1ccc(Cl)cc1OC)N1CCN(CC(=O)NCCOC)CC1. The third-order valence-corrected chi connectivity index (χ3v) is 4.80. The Labute approximate surface area is 171 Å². The first-order valence-corrected chi connectivity index (χ1v) is 9.71. The lowest BCUT2D eigenvalue weighted by molar-refractivity contribution is -0.122. The zero-order valence-electron chi connectivity index (χ0n) is 16.8. The number of hydrogen-bond donors (Lipinski definition) is 2. The number of hydrogen-bond acceptors (Lipinski definition) is 5. The smallest absolute Gasteiger partial charge is 0.234 e. The highest BCUT2D eigenvalue weighted by molar-refractivity contribution is 6.30. The number of methoxy groups -OCH3 is 2. The first kappa shape index (κ1) is 22.3. The highest BCUT2D eigenvalue weighted by Crippen LogP contribution is 2.22. The van der Waals surface area contributed by atoms with Gasteiger partial charge in [0.05, 0.1) is 20.3 Å². The average molecular weight is 412 g/mol. The summed E-state index contributed by atoms with van der Waals surface area (Å²) in [5.74, 6) is 1.61. The summed E-state index contributed by atoms with van der Waals surface area (Å²) in [7, 11) is 5.03. The van der Waals surface area contributed by atoms with E-state index >= 15 is 0 Å². The van der Waals surface area contributed by atoms with Gasteiger partial charge in [-0.25, -0.2) is 0 Å². The Kier molecular flexibility index (Phi) is 9.33. The molecule has 8 nitrogen and oxygen atoms in total. The fourth-order valence-corrected chi connectivity index (χ4v) is 3.20. The quantitative estimate of drug-likeness (QED) is 0.374. The van der Waals surface area contributed by atoms with E-state index in [9.17, 15) is 4.79 Å². The molecule has 156 valence electrons. The molecular weight excluding hydrogens is 382 g/mol. The summed E-state index contributed by atoms with van der Waals surface area (Å²) < 4.78 is 10.3. The van der Waals surface area contributed by atoms with Crippen LogP contribution in [-0.4, -0.2) is 88.8 Å². The first-order valence-electron chi connectivity index (χ1n) is 9.33. The minimum Gasteiger partial charge on any atom is -0.496 e. The van der Waals surface area contributed by atoms with E-state index in [1.165, 1.54) is 0 Å². The molecule has 1 aromatic rings. The van der Waals surface area contributed by atoms with Crippen LogP contribution in [0.2, 0.25) is 5.02 Å². The van der Waals surface area contributed by atoms with Crippen molar-refractivity contribution in [2.24, 2.45) is 4.99 Å². The van der Waals surface area contributed by atoms with Crippen molar-refractivity contribution in [3.8, 4) is 5.75 Å². The number of benzene rings is 1. The molecule has 0 saturated carbocycles. The molecule has 1 aliphatic rings. The molecule has 28 heavy (non-hydrogen) atoms. The minimum absolute atomic E-state index is 0.0304. The van der Waals surface area contributed by atoms with Gasteiger partial charge in [0, 0.05) is 64.0 Å². The topological polar surface area (TPSA) is 78.4 Å². The Morgan fingerprint density at radius 1 is 1.21 bits per heavy atom. The number of piperazine rings is 1. The number of halogens is 1. The van der Waals surface area contributed by atoms with Gasteiger partial charge in [0.2, 0.25) is 5.91 Å². The normalized spacial score (nSPS) is 15.4. The molecule has 1 aromatic carbocycles. The van der Waals surface area contributed by atoms with Gasteiger partial charge in [-0.05, 0) is 12.1 Å². The Morgan fingerprint density at radius 3 is 2.61 bits per heavy atom. The first-order chi connectivity index (χ1) is 13.6. The van der Waals surface area contributed by atoms with E-state index in [0.717, 1.165) is 43.5 Å². The maximum Gasteiger partial charge on any atom is 0.234 e. The predicted octanol–water partition coefficient (Wildman–Crippen LogP) is 0.804. The van der Waals surface area contributed by atoms with E-state index < -0.39 is 0 Å². The number of ether oxygens (including phenoxy) is 2. The van der Waals surface area contributed by atoms with Crippen LogP contribution in [0.5, 0.6) is 5.75 Å². The number of aliphatic imine (C=N–C) groups is 1. The van der Waals surface area contributed by atoms with Crippen LogP contribution in [-0.2, 0) is 16.1 Å². The fraction of sp³-hybridized carbons (Fsp3) is 0.579. The summed E-state index contributed by atoms with van der Waals surface area (Å²) in [5.41, 5.74) is 1.01. The maximum atomic E-state index is 11.9. The molecule has 1 fully saturated rings. The van der Waals surface area contributed by atoms with Crippen molar-refractivity contribution in [3.05, 3.63) is 28.8 Å². The zero-order valence-corrected chi connectivity index (χ0v) is 17.6. The number of guanidine groups is 1. The lowest BCUT2D eigenvalue weighted by Gasteiger charge is -2.36. The van der Waals surface area contributed by atoms with Gasteiger partial charge in [-0.3, -0.25) is 14.7 Å². The summed E-state index contributed by atoms with van der Waals surface area (Å²) >= 11 is 6.02. The van der Waals surface area contributed by atoms with E-state index in [1.807, 2.05) is 12.1 Å². The third kappa shape index (κ3) is 6.85. The Morgan fingerprint density at radius 2 is 1.96 bits per heavy atom. The molecule has 0 spiro atoms. The van der Waals surface area contributed by atoms with Crippen LogP contribution in [0.25, 0.3) is 0 Å². The molecule has 1 heterocycles. The molecule has 1 saturated heterocycles. The predicted molar refractivity (Wildman–Crippen MR) is 111 cm³/mol. The number of nitrogens with zero attached hydrogens (tertiary/aromatic N) is 3. The minimum atomic E-state index is 0.0304. The van der Waals surface area contributed by atoms with E-state index in [-0.39, 0.29) is 5.91 Å². The number of rotatable bonds is 8. The second kappa shape index (κ2) is 11.7. The summed E-state index contributed by atoms with van der Waals surface area (Å²) in [4.78, 5) is 20.7. The Hall–Kier alpha value is -2.03. The fourth-order valence-electron chi connectivity index (χ4n) is 3.04. The molecule has 0 bridgehead atoms. The number of carbonyl (C=O) groups is 1. The van der Waals surface area contributed by atoms with Crippen molar-refractivity contribution < 1.29 is 14.3 Å². The number of amides is 1. The molecule has 1 amide bonds. The summed E-state index contributed by atoms with van der Waals surface area (Å²) in [5, 5.41) is 6.88. The van der Waals surface area contributed by atoms with Crippen molar-refractivity contribution in [2.75, 3.05) is 67.1 Å². The van der Waals surface area contributed by atoms with E-state index in [1.54, 1.807) is 27.3 Å². The van der Waals surface area contributed by atoms with E-state index in [4.69, 9.17) is 21.1 Å². The van der Waals surface area contributed by atoms with E-state index in [0.29, 0.717) is 31.3 Å². The number of nitrogens with one attached hydrogen (secondary N) is 2. The molecule has 0 radical (unpaired) electrons. The van der Waals surface area contributed by atoms with Crippen LogP contribution >= 0.6 is 11.6 Å². The van der Waals surface area contributed by atoms with Crippen LogP contribution in [0.15, 0.2) is 23.2 Å². The Bertz CT molecular complexity index is 663. The molecule has 1 aliphatic heterocycles. The van der Waals surface area contributed by atoms with Crippen molar-refractivity contribution in [3.63, 3.8) is 0 Å². The zero-order chi connectivity index (χ0) is 20.4.